The Hall–Kier alpha value is -1.86. The maximum atomic E-state index is 10.7. The Morgan fingerprint density at radius 2 is 2.21 bits per heavy atom. The van der Waals surface area contributed by atoms with Crippen molar-refractivity contribution >= 4 is 5.97 Å². The van der Waals surface area contributed by atoms with Crippen LogP contribution in [0.15, 0.2) is 12.1 Å². The van der Waals surface area contributed by atoms with Crippen LogP contribution in [-0.2, 0) is 6.61 Å². The lowest BCUT2D eigenvalue weighted by Crippen LogP contribution is -2.05. The van der Waals surface area contributed by atoms with Crippen LogP contribution in [0.3, 0.4) is 0 Å². The predicted octanol–water partition coefficient (Wildman–Crippen LogP) is 1.06. The summed E-state index contributed by atoms with van der Waals surface area (Å²) in [6.07, 6.45) is 0. The zero-order chi connectivity index (χ0) is 10.7. The van der Waals surface area contributed by atoms with Crippen molar-refractivity contribution in [2.75, 3.05) is 0 Å². The molecule has 0 amide bonds. The van der Waals surface area contributed by atoms with Crippen molar-refractivity contribution in [2.24, 2.45) is 0 Å². The summed E-state index contributed by atoms with van der Waals surface area (Å²) in [6.45, 7) is 1.40. The zero-order valence-corrected chi connectivity index (χ0v) is 7.61. The Morgan fingerprint density at radius 1 is 1.57 bits per heavy atom. The number of benzene rings is 1. The molecule has 4 nitrogen and oxygen atoms in total. The minimum absolute atomic E-state index is 0.0417. The van der Waals surface area contributed by atoms with Gasteiger partial charge in [-0.3, -0.25) is 0 Å². The molecule has 0 aliphatic carbocycles. The van der Waals surface area contributed by atoms with Crippen molar-refractivity contribution in [3.63, 3.8) is 0 Å². The molecule has 14 heavy (non-hydrogen) atoms. The third-order valence-electron chi connectivity index (χ3n) is 2.05. The van der Waals surface area contributed by atoms with E-state index in [0.717, 1.165) is 0 Å². The van der Waals surface area contributed by atoms with E-state index in [1.165, 1.54) is 6.07 Å². The van der Waals surface area contributed by atoms with Crippen LogP contribution in [0.2, 0.25) is 0 Å². The fourth-order valence-electron chi connectivity index (χ4n) is 1.26. The molecule has 0 bridgehead atoms. The number of aryl methyl sites for hydroxylation is 1. The number of rotatable bonds is 2. The van der Waals surface area contributed by atoms with Crippen LogP contribution in [0, 0.1) is 18.3 Å². The maximum absolute atomic E-state index is 10.7. The monoisotopic (exact) mass is 191 g/mol. The molecular formula is C10H9NO3. The van der Waals surface area contributed by atoms with Gasteiger partial charge in [0.15, 0.2) is 0 Å². The predicted molar refractivity (Wildman–Crippen MR) is 48.8 cm³/mol. The Bertz CT molecular complexity index is 418. The van der Waals surface area contributed by atoms with E-state index in [1.54, 1.807) is 19.1 Å². The second kappa shape index (κ2) is 3.90. The SMILES string of the molecule is Cc1ccc(C(=O)O)c(C#N)c1CO. The highest BCUT2D eigenvalue weighted by molar-refractivity contribution is 5.91. The smallest absolute Gasteiger partial charge is 0.337 e. The van der Waals surface area contributed by atoms with Gasteiger partial charge in [0.25, 0.3) is 0 Å². The lowest BCUT2D eigenvalue weighted by molar-refractivity contribution is 0.0696. The van der Waals surface area contributed by atoms with Crippen LogP contribution >= 0.6 is 0 Å². The first-order valence-corrected chi connectivity index (χ1v) is 3.98. The van der Waals surface area contributed by atoms with Gasteiger partial charge >= 0.3 is 5.97 Å². The highest BCUT2D eigenvalue weighted by Crippen LogP contribution is 2.18. The summed E-state index contributed by atoms with van der Waals surface area (Å²) in [7, 11) is 0. The van der Waals surface area contributed by atoms with Gasteiger partial charge in [-0.15, -0.1) is 0 Å². The maximum Gasteiger partial charge on any atom is 0.337 e. The largest absolute Gasteiger partial charge is 0.478 e. The molecule has 1 aromatic carbocycles. The minimum atomic E-state index is -1.16. The highest BCUT2D eigenvalue weighted by Gasteiger charge is 2.14. The summed E-state index contributed by atoms with van der Waals surface area (Å²) in [5.74, 6) is -1.16. The Kier molecular flexibility index (Phi) is 2.85. The fraction of sp³-hybridized carbons (Fsp3) is 0.200. The quantitative estimate of drug-likeness (QED) is 0.732. The third kappa shape index (κ3) is 1.58. The Balaban J connectivity index is 3.50. The van der Waals surface area contributed by atoms with E-state index in [9.17, 15) is 4.79 Å². The molecule has 2 N–H and O–H groups in total. The first-order chi connectivity index (χ1) is 6.61. The van der Waals surface area contributed by atoms with Crippen LogP contribution in [-0.4, -0.2) is 16.2 Å². The van der Waals surface area contributed by atoms with E-state index in [0.29, 0.717) is 11.1 Å². The number of carbonyl (C=O) groups is 1. The topological polar surface area (TPSA) is 81.3 Å². The number of aliphatic hydroxyl groups is 1. The van der Waals surface area contributed by atoms with Gasteiger partial charge in [-0.1, -0.05) is 6.07 Å². The van der Waals surface area contributed by atoms with Crippen molar-refractivity contribution in [3.05, 3.63) is 34.4 Å². The number of aliphatic hydroxyl groups excluding tert-OH is 1. The number of carboxylic acids is 1. The molecule has 0 aromatic heterocycles. The van der Waals surface area contributed by atoms with Gasteiger partial charge in [0.1, 0.15) is 6.07 Å². The van der Waals surface area contributed by atoms with Crippen LogP contribution in [0.5, 0.6) is 0 Å². The minimum Gasteiger partial charge on any atom is -0.478 e. The normalized spacial score (nSPS) is 9.50. The van der Waals surface area contributed by atoms with Crippen molar-refractivity contribution in [1.82, 2.24) is 0 Å². The second-order valence-electron chi connectivity index (χ2n) is 2.86. The number of carboxylic acid groups (broad SMARTS) is 1. The van der Waals surface area contributed by atoms with Crippen LogP contribution in [0.4, 0.5) is 0 Å². The molecule has 4 heteroatoms. The molecule has 0 heterocycles. The van der Waals surface area contributed by atoms with E-state index in [2.05, 4.69) is 0 Å². The summed E-state index contributed by atoms with van der Waals surface area (Å²) in [5, 5.41) is 26.5. The molecule has 0 atom stereocenters. The average molecular weight is 191 g/mol. The molecule has 0 saturated carbocycles. The van der Waals surface area contributed by atoms with Crippen molar-refractivity contribution in [2.45, 2.75) is 13.5 Å². The van der Waals surface area contributed by atoms with Crippen LogP contribution < -0.4 is 0 Å². The number of nitriles is 1. The number of hydrogen-bond donors (Lipinski definition) is 2. The molecule has 0 fully saturated rings. The first kappa shape index (κ1) is 10.2. The molecule has 0 saturated heterocycles. The lowest BCUT2D eigenvalue weighted by Gasteiger charge is -2.07. The summed E-state index contributed by atoms with van der Waals surface area (Å²) >= 11 is 0. The zero-order valence-electron chi connectivity index (χ0n) is 7.61. The van der Waals surface area contributed by atoms with E-state index in [1.807, 2.05) is 0 Å². The molecule has 1 aromatic rings. The standard InChI is InChI=1S/C10H9NO3/c1-6-2-3-7(10(13)14)8(4-11)9(6)5-12/h2-3,12H,5H2,1H3,(H,13,14). The van der Waals surface area contributed by atoms with Gasteiger partial charge < -0.3 is 10.2 Å². The van der Waals surface area contributed by atoms with Crippen molar-refractivity contribution < 1.29 is 15.0 Å². The van der Waals surface area contributed by atoms with Gasteiger partial charge in [0.05, 0.1) is 17.7 Å². The van der Waals surface area contributed by atoms with Gasteiger partial charge in [-0.25, -0.2) is 4.79 Å². The Labute approximate surface area is 81.0 Å². The van der Waals surface area contributed by atoms with E-state index < -0.39 is 5.97 Å². The van der Waals surface area contributed by atoms with E-state index in [-0.39, 0.29) is 17.7 Å². The van der Waals surface area contributed by atoms with Crippen molar-refractivity contribution in [1.29, 1.82) is 5.26 Å². The van der Waals surface area contributed by atoms with Gasteiger partial charge in [0.2, 0.25) is 0 Å². The van der Waals surface area contributed by atoms with Crippen LogP contribution in [0.25, 0.3) is 0 Å². The first-order valence-electron chi connectivity index (χ1n) is 3.98. The fourth-order valence-corrected chi connectivity index (χ4v) is 1.26. The average Bonchev–Trinajstić information content (AvgIpc) is 2.16. The van der Waals surface area contributed by atoms with Crippen molar-refractivity contribution in [3.8, 4) is 6.07 Å². The summed E-state index contributed by atoms with van der Waals surface area (Å²) < 4.78 is 0. The summed E-state index contributed by atoms with van der Waals surface area (Å²) in [5.41, 5.74) is 1.07. The van der Waals surface area contributed by atoms with Gasteiger partial charge in [-0.2, -0.15) is 5.26 Å². The van der Waals surface area contributed by atoms with E-state index >= 15 is 0 Å². The Morgan fingerprint density at radius 3 is 2.64 bits per heavy atom. The molecule has 0 aliphatic rings. The molecule has 0 radical (unpaired) electrons. The summed E-state index contributed by atoms with van der Waals surface area (Å²) in [6, 6.07) is 4.75. The number of nitrogens with zero attached hydrogens (tertiary/aromatic N) is 1. The molecule has 0 spiro atoms. The lowest BCUT2D eigenvalue weighted by atomic mass is 9.98. The second-order valence-corrected chi connectivity index (χ2v) is 2.86. The molecule has 0 aliphatic heterocycles. The molecule has 0 unspecified atom stereocenters. The third-order valence-corrected chi connectivity index (χ3v) is 2.05. The molecule has 1 rings (SSSR count). The van der Waals surface area contributed by atoms with Gasteiger partial charge in [0, 0.05) is 0 Å². The molecule has 72 valence electrons. The number of aromatic carboxylic acids is 1. The number of hydrogen-bond acceptors (Lipinski definition) is 3. The molecular weight excluding hydrogens is 182 g/mol. The highest BCUT2D eigenvalue weighted by atomic mass is 16.4. The van der Waals surface area contributed by atoms with Gasteiger partial charge in [-0.05, 0) is 24.1 Å². The van der Waals surface area contributed by atoms with Crippen LogP contribution in [0.1, 0.15) is 27.0 Å². The van der Waals surface area contributed by atoms with E-state index in [4.69, 9.17) is 15.5 Å². The summed E-state index contributed by atoms with van der Waals surface area (Å²) in [4.78, 5) is 10.7.